The zero-order chi connectivity index (χ0) is 13.1. The van der Waals surface area contributed by atoms with Gasteiger partial charge in [0.1, 0.15) is 0 Å². The lowest BCUT2D eigenvalue weighted by Gasteiger charge is -2.18. The fourth-order valence-electron chi connectivity index (χ4n) is 1.93. The molecule has 2 rings (SSSR count). The molecule has 0 fully saturated rings. The Morgan fingerprint density at radius 2 is 1.44 bits per heavy atom. The number of rotatable bonds is 4. The molecule has 0 unspecified atom stereocenters. The van der Waals surface area contributed by atoms with Gasteiger partial charge in [-0.1, -0.05) is 30.3 Å². The Balaban J connectivity index is 2.55. The standard InChI is InChI=1S/C16H20O2/c1-11(2)17-15-10-9-13-7-5-6-8-14(13)16(15)18-12(3)4/h5-12H,1-4H3. The lowest BCUT2D eigenvalue weighted by molar-refractivity contribution is 0.201. The maximum absolute atomic E-state index is 5.93. The van der Waals surface area contributed by atoms with Crippen LogP contribution in [0.4, 0.5) is 0 Å². The van der Waals surface area contributed by atoms with Gasteiger partial charge in [-0.05, 0) is 39.1 Å². The van der Waals surface area contributed by atoms with Crippen LogP contribution in [-0.2, 0) is 0 Å². The topological polar surface area (TPSA) is 18.5 Å². The Morgan fingerprint density at radius 3 is 2.11 bits per heavy atom. The van der Waals surface area contributed by atoms with Crippen molar-refractivity contribution in [1.29, 1.82) is 0 Å². The molecule has 2 heteroatoms. The second-order valence-corrected chi connectivity index (χ2v) is 4.95. The third kappa shape index (κ3) is 2.76. The second kappa shape index (κ2) is 5.30. The van der Waals surface area contributed by atoms with Crippen molar-refractivity contribution in [2.24, 2.45) is 0 Å². The van der Waals surface area contributed by atoms with Gasteiger partial charge in [0, 0.05) is 5.39 Å². The number of ether oxygens (including phenoxy) is 2. The fourth-order valence-corrected chi connectivity index (χ4v) is 1.93. The van der Waals surface area contributed by atoms with Crippen LogP contribution in [0.3, 0.4) is 0 Å². The summed E-state index contributed by atoms with van der Waals surface area (Å²) in [6.07, 6.45) is 0.269. The molecule has 2 nitrogen and oxygen atoms in total. The van der Waals surface area contributed by atoms with Gasteiger partial charge >= 0.3 is 0 Å². The molecule has 0 heterocycles. The smallest absolute Gasteiger partial charge is 0.169 e. The van der Waals surface area contributed by atoms with E-state index in [0.29, 0.717) is 0 Å². The van der Waals surface area contributed by atoms with Crippen molar-refractivity contribution in [2.45, 2.75) is 39.9 Å². The van der Waals surface area contributed by atoms with E-state index in [-0.39, 0.29) is 12.2 Å². The molecule has 0 saturated carbocycles. The molecule has 0 aromatic heterocycles. The average molecular weight is 244 g/mol. The summed E-state index contributed by atoms with van der Waals surface area (Å²) < 4.78 is 11.8. The van der Waals surface area contributed by atoms with E-state index in [4.69, 9.17) is 9.47 Å². The van der Waals surface area contributed by atoms with E-state index >= 15 is 0 Å². The Kier molecular flexibility index (Phi) is 3.75. The third-order valence-corrected chi connectivity index (χ3v) is 2.56. The molecule has 0 amide bonds. The van der Waals surface area contributed by atoms with E-state index in [1.54, 1.807) is 0 Å². The molecule has 0 spiro atoms. The minimum Gasteiger partial charge on any atom is -0.487 e. The summed E-state index contributed by atoms with van der Waals surface area (Å²) in [5.41, 5.74) is 0. The SMILES string of the molecule is CC(C)Oc1ccc2ccccc2c1OC(C)C. The molecule has 2 aromatic rings. The lowest BCUT2D eigenvalue weighted by atomic mass is 10.1. The first-order valence-corrected chi connectivity index (χ1v) is 6.43. The van der Waals surface area contributed by atoms with Crippen molar-refractivity contribution in [3.05, 3.63) is 36.4 Å². The molecular formula is C16H20O2. The van der Waals surface area contributed by atoms with Crippen LogP contribution in [0.2, 0.25) is 0 Å². The molecular weight excluding hydrogens is 224 g/mol. The van der Waals surface area contributed by atoms with Crippen molar-refractivity contribution in [2.75, 3.05) is 0 Å². The maximum atomic E-state index is 5.93. The van der Waals surface area contributed by atoms with Crippen LogP contribution in [-0.4, -0.2) is 12.2 Å². The number of benzene rings is 2. The molecule has 96 valence electrons. The first-order valence-electron chi connectivity index (χ1n) is 6.43. The van der Waals surface area contributed by atoms with E-state index in [1.165, 1.54) is 5.39 Å². The Hall–Kier alpha value is -1.70. The highest BCUT2D eigenvalue weighted by molar-refractivity contribution is 5.90. The first-order chi connectivity index (χ1) is 8.58. The Bertz CT molecular complexity index is 530. The molecule has 0 saturated heterocycles. The largest absolute Gasteiger partial charge is 0.487 e. The number of hydrogen-bond acceptors (Lipinski definition) is 2. The molecule has 0 radical (unpaired) electrons. The monoisotopic (exact) mass is 244 g/mol. The number of fused-ring (bicyclic) bond motifs is 1. The second-order valence-electron chi connectivity index (χ2n) is 4.95. The van der Waals surface area contributed by atoms with Gasteiger partial charge in [0.15, 0.2) is 11.5 Å². The predicted molar refractivity (Wildman–Crippen MR) is 75.5 cm³/mol. The summed E-state index contributed by atoms with van der Waals surface area (Å²) in [6, 6.07) is 12.3. The molecule has 0 N–H and O–H groups in total. The zero-order valence-corrected chi connectivity index (χ0v) is 11.4. The van der Waals surface area contributed by atoms with E-state index < -0.39 is 0 Å². The van der Waals surface area contributed by atoms with Gasteiger partial charge in [-0.3, -0.25) is 0 Å². The van der Waals surface area contributed by atoms with Gasteiger partial charge in [-0.2, -0.15) is 0 Å². The molecule has 0 aliphatic heterocycles. The van der Waals surface area contributed by atoms with Gasteiger partial charge in [0.25, 0.3) is 0 Å². The van der Waals surface area contributed by atoms with Gasteiger partial charge in [0.05, 0.1) is 12.2 Å². The lowest BCUT2D eigenvalue weighted by Crippen LogP contribution is -2.11. The normalized spacial score (nSPS) is 11.2. The van der Waals surface area contributed by atoms with Gasteiger partial charge in [-0.25, -0.2) is 0 Å². The summed E-state index contributed by atoms with van der Waals surface area (Å²) in [6.45, 7) is 8.10. The van der Waals surface area contributed by atoms with Crippen LogP contribution >= 0.6 is 0 Å². The van der Waals surface area contributed by atoms with Crippen molar-refractivity contribution < 1.29 is 9.47 Å². The predicted octanol–water partition coefficient (Wildman–Crippen LogP) is 4.41. The quantitative estimate of drug-likeness (QED) is 0.793. The van der Waals surface area contributed by atoms with Gasteiger partial charge < -0.3 is 9.47 Å². The first kappa shape index (κ1) is 12.7. The van der Waals surface area contributed by atoms with Crippen LogP contribution < -0.4 is 9.47 Å². The third-order valence-electron chi connectivity index (χ3n) is 2.56. The van der Waals surface area contributed by atoms with E-state index in [2.05, 4.69) is 18.2 Å². The van der Waals surface area contributed by atoms with Gasteiger partial charge in [-0.15, -0.1) is 0 Å². The number of hydrogen-bond donors (Lipinski definition) is 0. The van der Waals surface area contributed by atoms with Crippen LogP contribution in [0.25, 0.3) is 10.8 Å². The van der Waals surface area contributed by atoms with Crippen LogP contribution in [0.5, 0.6) is 11.5 Å². The Morgan fingerprint density at radius 1 is 0.778 bits per heavy atom. The summed E-state index contributed by atoms with van der Waals surface area (Å²) in [7, 11) is 0. The maximum Gasteiger partial charge on any atom is 0.169 e. The van der Waals surface area contributed by atoms with E-state index in [9.17, 15) is 0 Å². The van der Waals surface area contributed by atoms with E-state index in [0.717, 1.165) is 16.9 Å². The average Bonchev–Trinajstić information content (AvgIpc) is 2.31. The van der Waals surface area contributed by atoms with Crippen LogP contribution in [0.15, 0.2) is 36.4 Å². The van der Waals surface area contributed by atoms with Gasteiger partial charge in [0.2, 0.25) is 0 Å². The van der Waals surface area contributed by atoms with E-state index in [1.807, 2.05) is 45.9 Å². The summed E-state index contributed by atoms with van der Waals surface area (Å²) in [4.78, 5) is 0. The zero-order valence-electron chi connectivity index (χ0n) is 11.4. The van der Waals surface area contributed by atoms with Crippen LogP contribution in [0, 0.1) is 0 Å². The minimum absolute atomic E-state index is 0.130. The fraction of sp³-hybridized carbons (Fsp3) is 0.375. The molecule has 0 aliphatic rings. The molecule has 0 aliphatic carbocycles. The van der Waals surface area contributed by atoms with Crippen molar-refractivity contribution in [1.82, 2.24) is 0 Å². The minimum atomic E-state index is 0.130. The highest BCUT2D eigenvalue weighted by atomic mass is 16.5. The summed E-state index contributed by atoms with van der Waals surface area (Å²) in [5.74, 6) is 1.66. The highest BCUT2D eigenvalue weighted by Gasteiger charge is 2.12. The molecule has 0 bridgehead atoms. The summed E-state index contributed by atoms with van der Waals surface area (Å²) in [5, 5.41) is 2.27. The highest BCUT2D eigenvalue weighted by Crippen LogP contribution is 2.36. The summed E-state index contributed by atoms with van der Waals surface area (Å²) >= 11 is 0. The van der Waals surface area contributed by atoms with Crippen molar-refractivity contribution >= 4 is 10.8 Å². The van der Waals surface area contributed by atoms with Crippen molar-refractivity contribution in [3.63, 3.8) is 0 Å². The van der Waals surface area contributed by atoms with Crippen molar-refractivity contribution in [3.8, 4) is 11.5 Å². The molecule has 18 heavy (non-hydrogen) atoms. The molecule has 0 atom stereocenters. The van der Waals surface area contributed by atoms with Crippen LogP contribution in [0.1, 0.15) is 27.7 Å². The Labute approximate surface area is 109 Å². The molecule has 2 aromatic carbocycles.